The van der Waals surface area contributed by atoms with Crippen LogP contribution in [0.1, 0.15) is 56.1 Å². The van der Waals surface area contributed by atoms with Gasteiger partial charge in [-0.1, -0.05) is 19.3 Å². The Bertz CT molecular complexity index is 520. The number of aryl methyl sites for hydroxylation is 2. The van der Waals surface area contributed by atoms with Crippen molar-refractivity contribution in [3.63, 3.8) is 0 Å². The maximum atomic E-state index is 13.9. The molecule has 2 rings (SSSR count). The third-order valence-corrected chi connectivity index (χ3v) is 4.69. The summed E-state index contributed by atoms with van der Waals surface area (Å²) in [5, 5.41) is 9.13. The first-order valence-electron chi connectivity index (χ1n) is 7.58. The molecule has 116 valence electrons. The van der Waals surface area contributed by atoms with Gasteiger partial charge in [-0.15, -0.1) is 0 Å². The van der Waals surface area contributed by atoms with E-state index in [4.69, 9.17) is 5.11 Å². The highest BCUT2D eigenvalue weighted by atomic mass is 19.1. The van der Waals surface area contributed by atoms with E-state index in [1.807, 2.05) is 0 Å². The van der Waals surface area contributed by atoms with Crippen LogP contribution in [0.5, 0.6) is 0 Å². The minimum Gasteiger partial charge on any atom is -0.481 e. The summed E-state index contributed by atoms with van der Waals surface area (Å²) >= 11 is 0. The van der Waals surface area contributed by atoms with Crippen molar-refractivity contribution in [2.45, 2.75) is 58.3 Å². The van der Waals surface area contributed by atoms with Crippen molar-refractivity contribution in [2.24, 2.45) is 5.41 Å². The number of carboxylic acids is 1. The van der Waals surface area contributed by atoms with E-state index in [2.05, 4.69) is 0 Å². The second-order valence-corrected chi connectivity index (χ2v) is 6.32. The summed E-state index contributed by atoms with van der Waals surface area (Å²) in [6.07, 6.45) is 6.06. The van der Waals surface area contributed by atoms with E-state index in [-0.39, 0.29) is 11.8 Å². The van der Waals surface area contributed by atoms with Gasteiger partial charge in [-0.25, -0.2) is 8.78 Å². The van der Waals surface area contributed by atoms with Gasteiger partial charge < -0.3 is 5.11 Å². The molecule has 1 aromatic rings. The average molecular weight is 296 g/mol. The Labute approximate surface area is 124 Å². The summed E-state index contributed by atoms with van der Waals surface area (Å²) in [6.45, 7) is 1.54. The van der Waals surface area contributed by atoms with E-state index < -0.39 is 17.6 Å². The molecule has 1 aliphatic rings. The Kier molecular flexibility index (Phi) is 4.96. The molecule has 0 aliphatic heterocycles. The van der Waals surface area contributed by atoms with E-state index >= 15 is 0 Å². The molecule has 0 amide bonds. The number of hydrogen-bond acceptors (Lipinski definition) is 1. The lowest BCUT2D eigenvalue weighted by Gasteiger charge is -2.36. The van der Waals surface area contributed by atoms with Gasteiger partial charge in [-0.2, -0.15) is 0 Å². The fourth-order valence-corrected chi connectivity index (χ4v) is 3.42. The SMILES string of the molecule is Cc1cc(F)c(CCC2(CC(=O)O)CCCCC2)cc1F. The molecule has 0 spiro atoms. The highest BCUT2D eigenvalue weighted by molar-refractivity contribution is 5.67. The summed E-state index contributed by atoms with van der Waals surface area (Å²) < 4.78 is 27.5. The number of aliphatic carboxylic acids is 1. The van der Waals surface area contributed by atoms with Gasteiger partial charge in [0.05, 0.1) is 6.42 Å². The Hall–Kier alpha value is -1.45. The van der Waals surface area contributed by atoms with E-state index in [1.54, 1.807) is 0 Å². The third-order valence-electron chi connectivity index (χ3n) is 4.69. The zero-order chi connectivity index (χ0) is 15.5. The first-order chi connectivity index (χ1) is 9.92. The van der Waals surface area contributed by atoms with E-state index in [0.717, 1.165) is 32.1 Å². The molecular formula is C17H22F2O2. The lowest BCUT2D eigenvalue weighted by atomic mass is 9.68. The Morgan fingerprint density at radius 1 is 1.19 bits per heavy atom. The van der Waals surface area contributed by atoms with Crippen LogP contribution in [0.2, 0.25) is 0 Å². The standard InChI is InChI=1S/C17H22F2O2/c1-12-9-15(19)13(10-14(12)18)5-8-17(11-16(20)21)6-3-2-4-7-17/h9-10H,2-8,11H2,1H3,(H,20,21). The van der Waals surface area contributed by atoms with Crippen molar-refractivity contribution < 1.29 is 18.7 Å². The molecular weight excluding hydrogens is 274 g/mol. The van der Waals surface area contributed by atoms with E-state index in [0.29, 0.717) is 24.0 Å². The quantitative estimate of drug-likeness (QED) is 0.860. The molecule has 1 aliphatic carbocycles. The molecule has 0 atom stereocenters. The number of benzene rings is 1. The molecule has 0 radical (unpaired) electrons. The van der Waals surface area contributed by atoms with Crippen LogP contribution in [0.15, 0.2) is 12.1 Å². The highest BCUT2D eigenvalue weighted by Gasteiger charge is 2.34. The zero-order valence-corrected chi connectivity index (χ0v) is 12.4. The van der Waals surface area contributed by atoms with Crippen LogP contribution in [0.25, 0.3) is 0 Å². The highest BCUT2D eigenvalue weighted by Crippen LogP contribution is 2.43. The van der Waals surface area contributed by atoms with Crippen molar-refractivity contribution in [2.75, 3.05) is 0 Å². The third kappa shape index (κ3) is 4.02. The van der Waals surface area contributed by atoms with Crippen LogP contribution < -0.4 is 0 Å². The van der Waals surface area contributed by atoms with Gasteiger partial charge in [0.25, 0.3) is 0 Å². The molecule has 0 saturated heterocycles. The van der Waals surface area contributed by atoms with E-state index in [1.165, 1.54) is 19.1 Å². The molecule has 0 heterocycles. The first-order valence-corrected chi connectivity index (χ1v) is 7.58. The van der Waals surface area contributed by atoms with Crippen LogP contribution in [0, 0.1) is 24.0 Å². The number of carbonyl (C=O) groups is 1. The Balaban J connectivity index is 2.11. The molecule has 1 aromatic carbocycles. The summed E-state index contributed by atoms with van der Waals surface area (Å²) in [7, 11) is 0. The van der Waals surface area contributed by atoms with E-state index in [9.17, 15) is 13.6 Å². The van der Waals surface area contributed by atoms with Gasteiger partial charge in [0, 0.05) is 0 Å². The maximum absolute atomic E-state index is 13.9. The smallest absolute Gasteiger partial charge is 0.303 e. The van der Waals surface area contributed by atoms with Gasteiger partial charge in [0.1, 0.15) is 11.6 Å². The van der Waals surface area contributed by atoms with Crippen LogP contribution in [-0.2, 0) is 11.2 Å². The molecule has 0 bridgehead atoms. The van der Waals surface area contributed by atoms with Crippen molar-refractivity contribution in [1.82, 2.24) is 0 Å². The molecule has 1 fully saturated rings. The van der Waals surface area contributed by atoms with Crippen LogP contribution >= 0.6 is 0 Å². The van der Waals surface area contributed by atoms with Crippen LogP contribution in [-0.4, -0.2) is 11.1 Å². The average Bonchev–Trinajstić information content (AvgIpc) is 2.42. The monoisotopic (exact) mass is 296 g/mol. The van der Waals surface area contributed by atoms with Gasteiger partial charge in [-0.3, -0.25) is 4.79 Å². The van der Waals surface area contributed by atoms with Crippen molar-refractivity contribution in [1.29, 1.82) is 0 Å². The maximum Gasteiger partial charge on any atom is 0.303 e. The molecule has 4 heteroatoms. The second-order valence-electron chi connectivity index (χ2n) is 6.32. The molecule has 1 saturated carbocycles. The summed E-state index contributed by atoms with van der Waals surface area (Å²) in [5.74, 6) is -1.59. The fourth-order valence-electron chi connectivity index (χ4n) is 3.42. The van der Waals surface area contributed by atoms with Crippen molar-refractivity contribution in [3.05, 3.63) is 34.9 Å². The normalized spacial score (nSPS) is 17.7. The van der Waals surface area contributed by atoms with Crippen LogP contribution in [0.3, 0.4) is 0 Å². The summed E-state index contributed by atoms with van der Waals surface area (Å²) in [6, 6.07) is 2.47. The summed E-state index contributed by atoms with van der Waals surface area (Å²) in [4.78, 5) is 11.1. The minimum atomic E-state index is -0.799. The molecule has 2 nitrogen and oxygen atoms in total. The second kappa shape index (κ2) is 6.54. The van der Waals surface area contributed by atoms with Gasteiger partial charge >= 0.3 is 5.97 Å². The van der Waals surface area contributed by atoms with Gasteiger partial charge in [-0.05, 0) is 61.3 Å². The van der Waals surface area contributed by atoms with Crippen molar-refractivity contribution in [3.8, 4) is 0 Å². The largest absolute Gasteiger partial charge is 0.481 e. The molecule has 0 unspecified atom stereocenters. The van der Waals surface area contributed by atoms with Gasteiger partial charge in [0.15, 0.2) is 0 Å². The first kappa shape index (κ1) is 15.9. The fraction of sp³-hybridized carbons (Fsp3) is 0.588. The van der Waals surface area contributed by atoms with Crippen LogP contribution in [0.4, 0.5) is 8.78 Å². The topological polar surface area (TPSA) is 37.3 Å². The zero-order valence-electron chi connectivity index (χ0n) is 12.4. The predicted molar refractivity (Wildman–Crippen MR) is 77.2 cm³/mol. The Morgan fingerprint density at radius 3 is 2.48 bits per heavy atom. The van der Waals surface area contributed by atoms with Gasteiger partial charge in [0.2, 0.25) is 0 Å². The number of halogens is 2. The predicted octanol–water partition coefficient (Wildman–Crippen LogP) is 4.63. The molecule has 21 heavy (non-hydrogen) atoms. The molecule has 1 N–H and O–H groups in total. The van der Waals surface area contributed by atoms with Crippen molar-refractivity contribution >= 4 is 5.97 Å². The minimum absolute atomic E-state index is 0.128. The lowest BCUT2D eigenvalue weighted by molar-refractivity contribution is -0.140. The number of hydrogen-bond donors (Lipinski definition) is 1. The lowest BCUT2D eigenvalue weighted by Crippen LogP contribution is -2.28. The Morgan fingerprint density at radius 2 is 1.86 bits per heavy atom. The summed E-state index contributed by atoms with van der Waals surface area (Å²) in [5.41, 5.74) is 0.403. The number of carboxylic acid groups (broad SMARTS) is 1. The number of rotatable bonds is 5. The molecule has 0 aromatic heterocycles.